The van der Waals surface area contributed by atoms with Gasteiger partial charge in [0.15, 0.2) is 0 Å². The number of hydrogen-bond donors (Lipinski definition) is 2. The van der Waals surface area contributed by atoms with Crippen LogP contribution in [0, 0.1) is 0 Å². The number of carbonyl (C=O) groups excluding carboxylic acids is 1. The van der Waals surface area contributed by atoms with Crippen LogP contribution in [0.4, 0.5) is 0 Å². The molecule has 0 radical (unpaired) electrons. The molecular weight excluding hydrogens is 222 g/mol. The molecule has 1 aliphatic carbocycles. The monoisotopic (exact) mass is 235 g/mol. The van der Waals surface area contributed by atoms with E-state index in [1.807, 2.05) is 0 Å². The first-order valence-electron chi connectivity index (χ1n) is 4.07. The Morgan fingerprint density at radius 1 is 1.58 bits per heavy atom. The Labute approximate surface area is 80.7 Å². The molecule has 0 aliphatic heterocycles. The summed E-state index contributed by atoms with van der Waals surface area (Å²) in [6.45, 7) is 3.61. The fourth-order valence-electron chi connectivity index (χ4n) is 1.06. The molecule has 1 rings (SSSR count). The van der Waals surface area contributed by atoms with Gasteiger partial charge < -0.3 is 10.4 Å². The molecule has 0 aromatic carbocycles. The van der Waals surface area contributed by atoms with Crippen molar-refractivity contribution in [3.05, 3.63) is 0 Å². The van der Waals surface area contributed by atoms with Crippen molar-refractivity contribution in [1.29, 1.82) is 0 Å². The quantitative estimate of drug-likeness (QED) is 0.696. The van der Waals surface area contributed by atoms with Gasteiger partial charge in [-0.15, -0.1) is 0 Å². The Morgan fingerprint density at radius 3 is 2.42 bits per heavy atom. The number of halogens is 1. The van der Waals surface area contributed by atoms with E-state index in [4.69, 9.17) is 5.11 Å². The summed E-state index contributed by atoms with van der Waals surface area (Å²) in [5, 5.41) is 11.8. The lowest BCUT2D eigenvalue weighted by Crippen LogP contribution is -2.51. The van der Waals surface area contributed by atoms with Crippen molar-refractivity contribution in [1.82, 2.24) is 5.32 Å². The minimum Gasteiger partial charge on any atom is -0.393 e. The average Bonchev–Trinajstić information content (AvgIpc) is 1.82. The highest BCUT2D eigenvalue weighted by atomic mass is 79.9. The first kappa shape index (κ1) is 9.99. The van der Waals surface area contributed by atoms with E-state index in [0.29, 0.717) is 12.8 Å². The van der Waals surface area contributed by atoms with Crippen LogP contribution in [0.25, 0.3) is 0 Å². The van der Waals surface area contributed by atoms with Crippen LogP contribution in [0.2, 0.25) is 0 Å². The Morgan fingerprint density at radius 2 is 2.08 bits per heavy atom. The molecule has 2 N–H and O–H groups in total. The third-order valence-electron chi connectivity index (χ3n) is 1.99. The summed E-state index contributed by atoms with van der Waals surface area (Å²) in [5.74, 6) is -0.0144. The van der Waals surface area contributed by atoms with Crippen molar-refractivity contribution in [2.45, 2.75) is 43.2 Å². The predicted molar refractivity (Wildman–Crippen MR) is 50.2 cm³/mol. The molecule has 0 heterocycles. The van der Waals surface area contributed by atoms with Crippen molar-refractivity contribution >= 4 is 21.8 Å². The van der Waals surface area contributed by atoms with E-state index in [1.165, 1.54) is 0 Å². The summed E-state index contributed by atoms with van der Waals surface area (Å²) in [6, 6.07) is 0.171. The highest BCUT2D eigenvalue weighted by molar-refractivity contribution is 9.10. The van der Waals surface area contributed by atoms with Crippen molar-refractivity contribution in [3.8, 4) is 0 Å². The van der Waals surface area contributed by atoms with Crippen LogP contribution in [0.5, 0.6) is 0 Å². The van der Waals surface area contributed by atoms with Crippen LogP contribution in [-0.4, -0.2) is 27.5 Å². The van der Waals surface area contributed by atoms with E-state index in [2.05, 4.69) is 21.2 Å². The zero-order valence-corrected chi connectivity index (χ0v) is 8.89. The van der Waals surface area contributed by atoms with Crippen LogP contribution < -0.4 is 5.32 Å². The Hall–Kier alpha value is -0.0900. The van der Waals surface area contributed by atoms with Crippen molar-refractivity contribution in [3.63, 3.8) is 0 Å². The molecule has 1 aliphatic rings. The molecule has 0 aromatic heterocycles. The number of aliphatic hydroxyl groups is 1. The maximum atomic E-state index is 11.3. The summed E-state index contributed by atoms with van der Waals surface area (Å²) in [6.07, 6.45) is 1.16. The SMILES string of the molecule is CC(C)(Br)C(=O)NC1CC(O)C1. The van der Waals surface area contributed by atoms with Gasteiger partial charge in [0.1, 0.15) is 0 Å². The zero-order valence-electron chi connectivity index (χ0n) is 7.30. The van der Waals surface area contributed by atoms with Gasteiger partial charge >= 0.3 is 0 Å². The molecule has 1 amide bonds. The van der Waals surface area contributed by atoms with E-state index < -0.39 is 4.32 Å². The van der Waals surface area contributed by atoms with E-state index in [0.717, 1.165) is 0 Å². The molecule has 4 heteroatoms. The number of carbonyl (C=O) groups is 1. The molecule has 0 spiro atoms. The van der Waals surface area contributed by atoms with Gasteiger partial charge in [-0.2, -0.15) is 0 Å². The lowest BCUT2D eigenvalue weighted by atomic mass is 9.89. The second-order valence-corrected chi connectivity index (χ2v) is 5.75. The number of amides is 1. The predicted octanol–water partition coefficient (Wildman–Crippen LogP) is 0.799. The molecule has 3 nitrogen and oxygen atoms in total. The zero-order chi connectivity index (χ0) is 9.35. The average molecular weight is 236 g/mol. The second-order valence-electron chi connectivity index (χ2n) is 3.77. The number of nitrogens with one attached hydrogen (secondary N) is 1. The summed E-state index contributed by atoms with van der Waals surface area (Å²) in [4.78, 5) is 11.3. The van der Waals surface area contributed by atoms with Crippen molar-refractivity contribution in [2.24, 2.45) is 0 Å². The van der Waals surface area contributed by atoms with Gasteiger partial charge in [-0.3, -0.25) is 4.79 Å². The number of rotatable bonds is 2. The van der Waals surface area contributed by atoms with Gasteiger partial charge in [0.05, 0.1) is 10.4 Å². The highest BCUT2D eigenvalue weighted by Crippen LogP contribution is 2.22. The standard InChI is InChI=1S/C8H14BrNO2/c1-8(2,9)7(12)10-5-3-6(11)4-5/h5-6,11H,3-4H2,1-2H3,(H,10,12). The lowest BCUT2D eigenvalue weighted by Gasteiger charge is -2.33. The summed E-state index contributed by atoms with van der Waals surface area (Å²) < 4.78 is -0.506. The smallest absolute Gasteiger partial charge is 0.236 e. The third kappa shape index (κ3) is 2.45. The molecular formula is C8H14BrNO2. The normalized spacial score (nSPS) is 29.3. The van der Waals surface area contributed by atoms with E-state index in [-0.39, 0.29) is 18.1 Å². The molecule has 0 aromatic rings. The first-order chi connectivity index (χ1) is 5.39. The van der Waals surface area contributed by atoms with Crippen LogP contribution in [0.3, 0.4) is 0 Å². The van der Waals surface area contributed by atoms with Crippen LogP contribution in [0.1, 0.15) is 26.7 Å². The fraction of sp³-hybridized carbons (Fsp3) is 0.875. The van der Waals surface area contributed by atoms with Gasteiger partial charge in [-0.25, -0.2) is 0 Å². The first-order valence-corrected chi connectivity index (χ1v) is 4.87. The summed E-state index contributed by atoms with van der Waals surface area (Å²) >= 11 is 3.27. The van der Waals surface area contributed by atoms with Gasteiger partial charge in [0.2, 0.25) is 5.91 Å². The summed E-state index contributed by atoms with van der Waals surface area (Å²) in [7, 11) is 0. The van der Waals surface area contributed by atoms with Crippen LogP contribution in [0.15, 0.2) is 0 Å². The number of alkyl halides is 1. The van der Waals surface area contributed by atoms with Crippen molar-refractivity contribution in [2.75, 3.05) is 0 Å². The van der Waals surface area contributed by atoms with Crippen LogP contribution in [-0.2, 0) is 4.79 Å². The Balaban J connectivity index is 2.28. The minimum atomic E-state index is -0.506. The van der Waals surface area contributed by atoms with E-state index in [9.17, 15) is 4.79 Å². The molecule has 12 heavy (non-hydrogen) atoms. The Bertz CT molecular complexity index is 182. The molecule has 0 bridgehead atoms. The molecule has 1 saturated carbocycles. The Kier molecular flexibility index (Phi) is 2.78. The maximum Gasteiger partial charge on any atom is 0.236 e. The topological polar surface area (TPSA) is 49.3 Å². The molecule has 1 fully saturated rings. The number of hydrogen-bond acceptors (Lipinski definition) is 2. The largest absolute Gasteiger partial charge is 0.393 e. The second kappa shape index (κ2) is 3.34. The van der Waals surface area contributed by atoms with Gasteiger partial charge in [-0.1, -0.05) is 15.9 Å². The third-order valence-corrected chi connectivity index (χ3v) is 2.35. The van der Waals surface area contributed by atoms with Crippen molar-refractivity contribution < 1.29 is 9.90 Å². The molecule has 0 saturated heterocycles. The fourth-order valence-corrected chi connectivity index (χ4v) is 1.18. The summed E-state index contributed by atoms with van der Waals surface area (Å²) in [5.41, 5.74) is 0. The van der Waals surface area contributed by atoms with E-state index in [1.54, 1.807) is 13.8 Å². The molecule has 0 unspecified atom stereocenters. The molecule has 70 valence electrons. The van der Waals surface area contributed by atoms with Crippen LogP contribution >= 0.6 is 15.9 Å². The van der Waals surface area contributed by atoms with Gasteiger partial charge in [0, 0.05) is 6.04 Å². The lowest BCUT2D eigenvalue weighted by molar-refractivity contribution is -0.124. The maximum absolute atomic E-state index is 11.3. The number of aliphatic hydroxyl groups excluding tert-OH is 1. The van der Waals surface area contributed by atoms with Gasteiger partial charge in [-0.05, 0) is 26.7 Å². The minimum absolute atomic E-state index is 0.0144. The molecule has 0 atom stereocenters. The van der Waals surface area contributed by atoms with Gasteiger partial charge in [0.25, 0.3) is 0 Å². The van der Waals surface area contributed by atoms with E-state index >= 15 is 0 Å². The highest BCUT2D eigenvalue weighted by Gasteiger charge is 2.32.